The van der Waals surface area contributed by atoms with Crippen molar-refractivity contribution < 1.29 is 31.5 Å². The van der Waals surface area contributed by atoms with Crippen LogP contribution in [0, 0.1) is 0 Å². The fourth-order valence-corrected chi connectivity index (χ4v) is 1.96. The topological polar surface area (TPSA) is 119 Å². The maximum atomic E-state index is 11.4. The molecule has 10 heteroatoms. The van der Waals surface area contributed by atoms with Crippen LogP contribution in [0.15, 0.2) is 29.2 Å². The Hall–Kier alpha value is -1.49. The predicted octanol–water partition coefficient (Wildman–Crippen LogP) is 0.247. The van der Waals surface area contributed by atoms with Crippen LogP contribution in [0.2, 0.25) is 0 Å². The van der Waals surface area contributed by atoms with Crippen molar-refractivity contribution in [2.75, 3.05) is 6.26 Å². The van der Waals surface area contributed by atoms with E-state index in [9.17, 15) is 17.4 Å². The summed E-state index contributed by atoms with van der Waals surface area (Å²) in [7, 11) is -3.57. The Bertz CT molecular complexity index is 569. The Morgan fingerprint density at radius 2 is 2.00 bits per heavy atom. The first-order chi connectivity index (χ1) is 8.30. The molecule has 1 aromatic carbocycles. The van der Waals surface area contributed by atoms with Crippen molar-refractivity contribution in [3.8, 4) is 5.75 Å². The van der Waals surface area contributed by atoms with Gasteiger partial charge in [-0.3, -0.25) is 4.55 Å². The second-order valence-corrected chi connectivity index (χ2v) is 5.65. The number of benzene rings is 1. The first kappa shape index (κ1) is 14.6. The lowest BCUT2D eigenvalue weighted by Crippen LogP contribution is -2.24. The third-order valence-corrected chi connectivity index (χ3v) is 3.00. The maximum absolute atomic E-state index is 11.4. The zero-order valence-electron chi connectivity index (χ0n) is 9.02. The summed E-state index contributed by atoms with van der Waals surface area (Å²) >= 11 is -2.56. The Balaban J connectivity index is 2.85. The van der Waals surface area contributed by atoms with Gasteiger partial charge in [-0.05, 0) is 17.0 Å². The molecule has 0 saturated heterocycles. The summed E-state index contributed by atoms with van der Waals surface area (Å²) in [4.78, 5) is 16.3. The molecule has 1 rings (SSSR count). The molecule has 0 saturated carbocycles. The number of carbonyl (C=O) groups is 1. The van der Waals surface area contributed by atoms with Crippen LogP contribution in [0.4, 0.5) is 4.79 Å². The first-order valence-corrected chi connectivity index (χ1v) is 7.35. The average Bonchev–Trinajstić information content (AvgIpc) is 2.25. The van der Waals surface area contributed by atoms with Gasteiger partial charge in [0.1, 0.15) is 4.90 Å². The third kappa shape index (κ3) is 4.41. The monoisotopic (exact) mass is 295 g/mol. The molecule has 1 atom stereocenters. The van der Waals surface area contributed by atoms with Crippen LogP contribution >= 0.6 is 0 Å². The highest BCUT2D eigenvalue weighted by Gasteiger charge is 2.17. The number of rotatable bonds is 4. The molecule has 8 nitrogen and oxygen atoms in total. The molecule has 0 aliphatic carbocycles. The van der Waals surface area contributed by atoms with Gasteiger partial charge in [0.05, 0.1) is 0 Å². The highest BCUT2D eigenvalue weighted by Crippen LogP contribution is 2.23. The van der Waals surface area contributed by atoms with Crippen LogP contribution < -0.4 is 9.62 Å². The van der Waals surface area contributed by atoms with Gasteiger partial charge >= 0.3 is 6.16 Å². The quantitative estimate of drug-likeness (QED) is 0.353. The Morgan fingerprint density at radius 1 is 1.39 bits per heavy atom. The molecule has 100 valence electrons. The average molecular weight is 295 g/mol. The molecule has 1 unspecified atom stereocenters. The van der Waals surface area contributed by atoms with E-state index in [0.29, 0.717) is 0 Å². The summed E-state index contributed by atoms with van der Waals surface area (Å²) in [6, 6.07) is 5.40. The zero-order chi connectivity index (χ0) is 13.8. The lowest BCUT2D eigenvalue weighted by molar-refractivity contribution is 0.0782. The van der Waals surface area contributed by atoms with E-state index in [2.05, 4.69) is 9.57 Å². The molecule has 0 heterocycles. The van der Waals surface area contributed by atoms with Gasteiger partial charge in [-0.2, -0.15) is 0 Å². The van der Waals surface area contributed by atoms with Gasteiger partial charge in [-0.1, -0.05) is 12.1 Å². The van der Waals surface area contributed by atoms with Crippen LogP contribution in [0.5, 0.6) is 5.75 Å². The Morgan fingerprint density at radius 3 is 2.56 bits per heavy atom. The molecule has 0 spiro atoms. The number of para-hydroxylation sites is 1. The van der Waals surface area contributed by atoms with Crippen molar-refractivity contribution >= 4 is 27.3 Å². The first-order valence-electron chi connectivity index (χ1n) is 4.35. The van der Waals surface area contributed by atoms with Crippen molar-refractivity contribution in [2.24, 2.45) is 0 Å². The van der Waals surface area contributed by atoms with Gasteiger partial charge in [0, 0.05) is 6.26 Å². The fraction of sp³-hybridized carbons (Fsp3) is 0.125. The molecule has 0 bridgehead atoms. The molecular weight excluding hydrogens is 286 g/mol. The van der Waals surface area contributed by atoms with E-state index in [4.69, 9.17) is 4.55 Å². The van der Waals surface area contributed by atoms with Crippen molar-refractivity contribution in [3.63, 3.8) is 0 Å². The number of hydrogen-bond acceptors (Lipinski definition) is 6. The van der Waals surface area contributed by atoms with Gasteiger partial charge in [-0.15, -0.1) is 0 Å². The molecule has 2 N–H and O–H groups in total. The molecule has 0 amide bonds. The predicted molar refractivity (Wildman–Crippen MR) is 60.6 cm³/mol. The van der Waals surface area contributed by atoms with E-state index >= 15 is 0 Å². The van der Waals surface area contributed by atoms with Gasteiger partial charge in [0.25, 0.3) is 11.3 Å². The van der Waals surface area contributed by atoms with Gasteiger partial charge in [0.15, 0.2) is 15.6 Å². The number of hydrogen-bond donors (Lipinski definition) is 2. The molecule has 18 heavy (non-hydrogen) atoms. The maximum Gasteiger partial charge on any atom is 0.534 e. The number of carbonyl (C=O) groups excluding carboxylic acids is 1. The van der Waals surface area contributed by atoms with E-state index < -0.39 is 27.3 Å². The summed E-state index contributed by atoms with van der Waals surface area (Å²) < 4.78 is 45.7. The summed E-state index contributed by atoms with van der Waals surface area (Å²) in [6.45, 7) is 0. The van der Waals surface area contributed by atoms with Crippen LogP contribution in [0.3, 0.4) is 0 Å². The number of ether oxygens (including phenoxy) is 1. The molecule has 0 aromatic heterocycles. The van der Waals surface area contributed by atoms with Crippen molar-refractivity contribution in [1.29, 1.82) is 0 Å². The van der Waals surface area contributed by atoms with E-state index in [0.717, 1.165) is 6.26 Å². The zero-order valence-corrected chi connectivity index (χ0v) is 10.7. The van der Waals surface area contributed by atoms with Crippen LogP contribution in [0.25, 0.3) is 0 Å². The van der Waals surface area contributed by atoms with E-state index in [1.807, 2.05) is 0 Å². The van der Waals surface area contributed by atoms with Crippen molar-refractivity contribution in [3.05, 3.63) is 24.3 Å². The van der Waals surface area contributed by atoms with Crippen LogP contribution in [-0.2, 0) is 25.9 Å². The molecule has 0 aliphatic rings. The van der Waals surface area contributed by atoms with E-state index in [-0.39, 0.29) is 10.6 Å². The number of nitrogens with one attached hydrogen (secondary N) is 1. The Kier molecular flexibility index (Phi) is 4.78. The highest BCUT2D eigenvalue weighted by atomic mass is 32.2. The largest absolute Gasteiger partial charge is 0.534 e. The van der Waals surface area contributed by atoms with E-state index in [1.165, 1.54) is 29.2 Å². The molecule has 0 fully saturated rings. The Labute approximate surface area is 105 Å². The number of sulfone groups is 1. The van der Waals surface area contributed by atoms with Crippen molar-refractivity contribution in [1.82, 2.24) is 4.89 Å². The minimum Gasteiger partial charge on any atom is -0.392 e. The van der Waals surface area contributed by atoms with E-state index in [1.54, 1.807) is 0 Å². The molecule has 1 aromatic rings. The smallest absolute Gasteiger partial charge is 0.392 e. The lowest BCUT2D eigenvalue weighted by atomic mass is 10.3. The molecule has 0 aliphatic heterocycles. The third-order valence-electron chi connectivity index (χ3n) is 1.64. The van der Waals surface area contributed by atoms with Gasteiger partial charge < -0.3 is 9.57 Å². The lowest BCUT2D eigenvalue weighted by Gasteiger charge is -2.07. The summed E-state index contributed by atoms with van der Waals surface area (Å²) in [5.41, 5.74) is 0. The van der Waals surface area contributed by atoms with Crippen LogP contribution in [0.1, 0.15) is 0 Å². The summed E-state index contributed by atoms with van der Waals surface area (Å²) in [5.74, 6) is -0.240. The molecule has 0 radical (unpaired) electrons. The van der Waals surface area contributed by atoms with Gasteiger partial charge in [-0.25, -0.2) is 17.4 Å². The summed E-state index contributed by atoms with van der Waals surface area (Å²) in [6.07, 6.45) is -0.421. The minimum absolute atomic E-state index is 0.202. The minimum atomic E-state index is -3.57. The molecular formula is C8H9NO7S2. The van der Waals surface area contributed by atoms with Crippen molar-refractivity contribution in [2.45, 2.75) is 4.90 Å². The highest BCUT2D eigenvalue weighted by molar-refractivity contribution is 7.90. The second-order valence-electron chi connectivity index (χ2n) is 3.01. The normalized spacial score (nSPS) is 12.8. The summed E-state index contributed by atoms with van der Waals surface area (Å²) in [5, 5.41) is 0. The van der Waals surface area contributed by atoms with Crippen LogP contribution in [-0.4, -0.2) is 29.6 Å². The standard InChI is InChI=1S/C8H9NO7S2/c1-18(13,14)7-5-3-2-4-6(7)15-8(10)16-9-17(11)12/h2-5,9H,1H3,(H,11,12). The second kappa shape index (κ2) is 5.91. The SMILES string of the molecule is CS(=O)(=O)c1ccccc1OC(=O)ONS(=O)O. The van der Waals surface area contributed by atoms with Gasteiger partial charge in [0.2, 0.25) is 0 Å². The fourth-order valence-electron chi connectivity index (χ4n) is 1.02.